The van der Waals surface area contributed by atoms with E-state index in [0.29, 0.717) is 12.2 Å². The first kappa shape index (κ1) is 13.6. The van der Waals surface area contributed by atoms with Crippen LogP contribution >= 0.6 is 0 Å². The van der Waals surface area contributed by atoms with Gasteiger partial charge in [-0.3, -0.25) is 4.79 Å². The van der Waals surface area contributed by atoms with Gasteiger partial charge in [0.25, 0.3) is 0 Å². The van der Waals surface area contributed by atoms with Crippen LogP contribution < -0.4 is 10.6 Å². The quantitative estimate of drug-likeness (QED) is 0.872. The standard InChI is InChI=1S/C13H19FN2O/c1-9(2)12(8-15)13(17)16(3)11-6-4-5-10(14)7-11/h4-7,9,12H,8,15H2,1-3H3. The Morgan fingerprint density at radius 1 is 1.47 bits per heavy atom. The Morgan fingerprint density at radius 3 is 2.59 bits per heavy atom. The molecule has 2 N–H and O–H groups in total. The number of hydrogen-bond acceptors (Lipinski definition) is 2. The molecule has 17 heavy (non-hydrogen) atoms. The smallest absolute Gasteiger partial charge is 0.231 e. The summed E-state index contributed by atoms with van der Waals surface area (Å²) < 4.78 is 13.1. The van der Waals surface area contributed by atoms with Crippen LogP contribution in [0.3, 0.4) is 0 Å². The van der Waals surface area contributed by atoms with E-state index in [0.717, 1.165) is 0 Å². The van der Waals surface area contributed by atoms with E-state index in [9.17, 15) is 9.18 Å². The molecule has 1 atom stereocenters. The Bertz CT molecular complexity index is 393. The van der Waals surface area contributed by atoms with Gasteiger partial charge in [-0.1, -0.05) is 19.9 Å². The average molecular weight is 238 g/mol. The lowest BCUT2D eigenvalue weighted by molar-refractivity contribution is -0.123. The van der Waals surface area contributed by atoms with E-state index in [1.165, 1.54) is 17.0 Å². The molecule has 0 radical (unpaired) electrons. The van der Waals surface area contributed by atoms with Gasteiger partial charge < -0.3 is 10.6 Å². The maximum absolute atomic E-state index is 13.1. The fourth-order valence-corrected chi connectivity index (χ4v) is 1.72. The summed E-state index contributed by atoms with van der Waals surface area (Å²) >= 11 is 0. The van der Waals surface area contributed by atoms with Gasteiger partial charge in [-0.05, 0) is 24.1 Å². The number of nitrogens with zero attached hydrogens (tertiary/aromatic N) is 1. The number of amides is 1. The molecule has 0 spiro atoms. The monoisotopic (exact) mass is 238 g/mol. The summed E-state index contributed by atoms with van der Waals surface area (Å²) in [6.07, 6.45) is 0. The zero-order valence-electron chi connectivity index (χ0n) is 10.5. The molecule has 1 aromatic rings. The number of halogens is 1. The topological polar surface area (TPSA) is 46.3 Å². The highest BCUT2D eigenvalue weighted by molar-refractivity contribution is 5.94. The van der Waals surface area contributed by atoms with Gasteiger partial charge in [0.1, 0.15) is 5.82 Å². The van der Waals surface area contributed by atoms with Crippen LogP contribution in [0.25, 0.3) is 0 Å². The molecule has 0 aliphatic carbocycles. The van der Waals surface area contributed by atoms with Crippen molar-refractivity contribution in [1.29, 1.82) is 0 Å². The molecule has 4 heteroatoms. The first-order chi connectivity index (χ1) is 7.97. The van der Waals surface area contributed by atoms with E-state index in [-0.39, 0.29) is 23.6 Å². The Labute approximate surface area is 101 Å². The van der Waals surface area contributed by atoms with E-state index in [1.54, 1.807) is 19.2 Å². The normalized spacial score (nSPS) is 12.6. The van der Waals surface area contributed by atoms with Crippen molar-refractivity contribution < 1.29 is 9.18 Å². The van der Waals surface area contributed by atoms with E-state index in [2.05, 4.69) is 0 Å². The van der Waals surface area contributed by atoms with Crippen molar-refractivity contribution in [3.8, 4) is 0 Å². The first-order valence-electron chi connectivity index (χ1n) is 5.70. The molecule has 1 amide bonds. The lowest BCUT2D eigenvalue weighted by Crippen LogP contribution is -2.39. The third kappa shape index (κ3) is 3.27. The number of carbonyl (C=O) groups excluding carboxylic acids is 1. The maximum Gasteiger partial charge on any atom is 0.231 e. The molecule has 94 valence electrons. The summed E-state index contributed by atoms with van der Waals surface area (Å²) in [4.78, 5) is 13.6. The van der Waals surface area contributed by atoms with Crippen LogP contribution in [-0.4, -0.2) is 19.5 Å². The second-order valence-electron chi connectivity index (χ2n) is 4.46. The van der Waals surface area contributed by atoms with Crippen molar-refractivity contribution in [2.75, 3.05) is 18.5 Å². The first-order valence-corrected chi connectivity index (χ1v) is 5.70. The molecule has 0 bridgehead atoms. The second-order valence-corrected chi connectivity index (χ2v) is 4.46. The van der Waals surface area contributed by atoms with E-state index < -0.39 is 0 Å². The maximum atomic E-state index is 13.1. The van der Waals surface area contributed by atoms with Crippen molar-refractivity contribution >= 4 is 11.6 Å². The van der Waals surface area contributed by atoms with Crippen LogP contribution in [0.4, 0.5) is 10.1 Å². The number of hydrogen-bond donors (Lipinski definition) is 1. The minimum atomic E-state index is -0.351. The minimum absolute atomic E-state index is 0.0758. The molecule has 1 rings (SSSR count). The average Bonchev–Trinajstić information content (AvgIpc) is 2.28. The zero-order chi connectivity index (χ0) is 13.0. The molecule has 0 aromatic heterocycles. The van der Waals surface area contributed by atoms with Gasteiger partial charge in [-0.15, -0.1) is 0 Å². The third-order valence-electron chi connectivity index (χ3n) is 2.90. The van der Waals surface area contributed by atoms with Crippen LogP contribution in [0, 0.1) is 17.7 Å². The minimum Gasteiger partial charge on any atom is -0.330 e. The fraction of sp³-hybridized carbons (Fsp3) is 0.462. The molecule has 0 aliphatic heterocycles. The molecule has 0 saturated heterocycles. The number of rotatable bonds is 4. The molecule has 0 aliphatic rings. The predicted molar refractivity (Wildman–Crippen MR) is 67.2 cm³/mol. The molecule has 0 heterocycles. The van der Waals surface area contributed by atoms with Crippen LogP contribution in [0.5, 0.6) is 0 Å². The predicted octanol–water partition coefficient (Wildman–Crippen LogP) is 2.02. The van der Waals surface area contributed by atoms with Crippen LogP contribution in [0.2, 0.25) is 0 Å². The number of benzene rings is 1. The largest absolute Gasteiger partial charge is 0.330 e. The summed E-state index contributed by atoms with van der Waals surface area (Å²) in [5.74, 6) is -0.490. The van der Waals surface area contributed by atoms with Crippen LogP contribution in [-0.2, 0) is 4.79 Å². The van der Waals surface area contributed by atoms with Crippen molar-refractivity contribution in [1.82, 2.24) is 0 Å². The lowest BCUT2D eigenvalue weighted by Gasteiger charge is -2.25. The Balaban J connectivity index is 2.89. The van der Waals surface area contributed by atoms with Gasteiger partial charge in [0.15, 0.2) is 0 Å². The van der Waals surface area contributed by atoms with Crippen LogP contribution in [0.15, 0.2) is 24.3 Å². The summed E-state index contributed by atoms with van der Waals surface area (Å²) in [6, 6.07) is 5.98. The second kappa shape index (κ2) is 5.77. The van der Waals surface area contributed by atoms with E-state index in [1.807, 2.05) is 13.8 Å². The highest BCUT2D eigenvalue weighted by Crippen LogP contribution is 2.19. The Kier molecular flexibility index (Phi) is 4.63. The SMILES string of the molecule is CC(C)C(CN)C(=O)N(C)c1cccc(F)c1. The van der Waals surface area contributed by atoms with Crippen molar-refractivity contribution in [3.05, 3.63) is 30.1 Å². The molecular formula is C13H19FN2O. The van der Waals surface area contributed by atoms with Gasteiger partial charge in [-0.25, -0.2) is 4.39 Å². The van der Waals surface area contributed by atoms with Gasteiger partial charge in [0.2, 0.25) is 5.91 Å². The fourth-order valence-electron chi connectivity index (χ4n) is 1.72. The van der Waals surface area contributed by atoms with Crippen LogP contribution in [0.1, 0.15) is 13.8 Å². The number of nitrogens with two attached hydrogens (primary N) is 1. The summed E-state index contributed by atoms with van der Waals surface area (Å²) in [7, 11) is 1.64. The van der Waals surface area contributed by atoms with Gasteiger partial charge in [0, 0.05) is 19.3 Å². The molecule has 3 nitrogen and oxygen atoms in total. The Hall–Kier alpha value is -1.42. The Morgan fingerprint density at radius 2 is 2.12 bits per heavy atom. The number of anilines is 1. The highest BCUT2D eigenvalue weighted by Gasteiger charge is 2.24. The summed E-state index contributed by atoms with van der Waals surface area (Å²) in [5.41, 5.74) is 6.15. The molecule has 1 unspecified atom stereocenters. The lowest BCUT2D eigenvalue weighted by atomic mass is 9.94. The molecular weight excluding hydrogens is 219 g/mol. The number of carbonyl (C=O) groups is 1. The zero-order valence-corrected chi connectivity index (χ0v) is 10.5. The van der Waals surface area contributed by atoms with Crippen molar-refractivity contribution in [2.45, 2.75) is 13.8 Å². The summed E-state index contributed by atoms with van der Waals surface area (Å²) in [6.45, 7) is 4.21. The third-order valence-corrected chi connectivity index (χ3v) is 2.90. The van der Waals surface area contributed by atoms with E-state index in [4.69, 9.17) is 5.73 Å². The van der Waals surface area contributed by atoms with E-state index >= 15 is 0 Å². The molecule has 0 fully saturated rings. The highest BCUT2D eigenvalue weighted by atomic mass is 19.1. The van der Waals surface area contributed by atoms with Gasteiger partial charge >= 0.3 is 0 Å². The van der Waals surface area contributed by atoms with Gasteiger partial charge in [-0.2, -0.15) is 0 Å². The summed E-state index contributed by atoms with van der Waals surface area (Å²) in [5, 5.41) is 0. The van der Waals surface area contributed by atoms with Crippen molar-refractivity contribution in [2.24, 2.45) is 17.6 Å². The molecule has 0 saturated carbocycles. The van der Waals surface area contributed by atoms with Crippen molar-refractivity contribution in [3.63, 3.8) is 0 Å². The van der Waals surface area contributed by atoms with Gasteiger partial charge in [0.05, 0.1) is 5.92 Å². The molecule has 1 aromatic carbocycles.